The number of hydrogen-bond donors (Lipinski definition) is 0. The van der Waals surface area contributed by atoms with Gasteiger partial charge in [-0.2, -0.15) is 0 Å². The first-order valence-electron chi connectivity index (χ1n) is 8.08. The average Bonchev–Trinajstić information content (AvgIpc) is 3.09. The molecule has 0 saturated carbocycles. The molecule has 0 aromatic heterocycles. The summed E-state index contributed by atoms with van der Waals surface area (Å²) in [5.41, 5.74) is 0.477. The zero-order valence-corrected chi connectivity index (χ0v) is 14.8. The van der Waals surface area contributed by atoms with Crippen LogP contribution in [-0.2, 0) is 23.8 Å². The van der Waals surface area contributed by atoms with Gasteiger partial charge in [0.15, 0.2) is 6.23 Å². The van der Waals surface area contributed by atoms with E-state index in [0.717, 1.165) is 11.1 Å². The van der Waals surface area contributed by atoms with Crippen molar-refractivity contribution in [3.05, 3.63) is 71.3 Å². The molecule has 0 saturated heterocycles. The summed E-state index contributed by atoms with van der Waals surface area (Å²) in [4.78, 5) is 29.8. The van der Waals surface area contributed by atoms with Crippen molar-refractivity contribution in [3.63, 3.8) is 0 Å². The molecule has 2 aromatic rings. The Kier molecular flexibility index (Phi) is 4.86. The Hall–Kier alpha value is -2.99. The molecule has 1 aliphatic heterocycles. The van der Waals surface area contributed by atoms with E-state index >= 15 is 0 Å². The van der Waals surface area contributed by atoms with Crippen molar-refractivity contribution in [2.75, 3.05) is 14.2 Å². The van der Waals surface area contributed by atoms with Crippen LogP contribution in [-0.4, -0.2) is 37.5 Å². The molecule has 134 valence electrons. The third-order valence-electron chi connectivity index (χ3n) is 4.22. The van der Waals surface area contributed by atoms with E-state index in [-0.39, 0.29) is 5.71 Å². The number of esters is 2. The first-order valence-corrected chi connectivity index (χ1v) is 8.08. The fraction of sp³-hybridized carbons (Fsp3) is 0.250. The second-order valence-electron chi connectivity index (χ2n) is 5.89. The second-order valence-corrected chi connectivity index (χ2v) is 5.89. The molecule has 0 fully saturated rings. The minimum absolute atomic E-state index is 0.169. The smallest absolute Gasteiger partial charge is 0.356 e. The molecule has 6 heteroatoms. The third kappa shape index (κ3) is 2.88. The van der Waals surface area contributed by atoms with Crippen LogP contribution >= 0.6 is 0 Å². The van der Waals surface area contributed by atoms with Gasteiger partial charge in [0.2, 0.25) is 0 Å². The molecule has 0 N–H and O–H groups in total. The van der Waals surface area contributed by atoms with Gasteiger partial charge in [-0.15, -0.1) is 0 Å². The predicted octanol–water partition coefficient (Wildman–Crippen LogP) is 2.60. The Morgan fingerprint density at radius 2 is 1.54 bits per heavy atom. The second kappa shape index (κ2) is 7.09. The minimum atomic E-state index is -2.07. The fourth-order valence-electron chi connectivity index (χ4n) is 2.87. The number of aliphatic imine (C=N–C) groups is 1. The van der Waals surface area contributed by atoms with Gasteiger partial charge in [0.25, 0.3) is 0 Å². The summed E-state index contributed by atoms with van der Waals surface area (Å²) in [6, 6.07) is 16.4. The van der Waals surface area contributed by atoms with Crippen molar-refractivity contribution in [2.24, 2.45) is 4.99 Å². The Labute approximate surface area is 151 Å². The lowest BCUT2D eigenvalue weighted by atomic mass is 9.92. The van der Waals surface area contributed by atoms with Crippen LogP contribution in [0.4, 0.5) is 0 Å². The van der Waals surface area contributed by atoms with E-state index < -0.39 is 23.8 Å². The first-order chi connectivity index (χ1) is 12.5. The molecule has 0 aliphatic carbocycles. The Bertz CT molecular complexity index is 826. The monoisotopic (exact) mass is 353 g/mol. The molecule has 0 radical (unpaired) electrons. The number of nitrogens with zero attached hydrogens (tertiary/aromatic N) is 1. The van der Waals surface area contributed by atoms with Crippen molar-refractivity contribution in [1.82, 2.24) is 0 Å². The molecule has 26 heavy (non-hydrogen) atoms. The normalized spacial score (nSPS) is 18.1. The molecular formula is C20H19NO5. The number of methoxy groups -OCH3 is 2. The summed E-state index contributed by atoms with van der Waals surface area (Å²) >= 11 is 0. The molecule has 1 atom stereocenters. The number of ether oxygens (including phenoxy) is 3. The van der Waals surface area contributed by atoms with Crippen LogP contribution in [0.1, 0.15) is 22.9 Å². The lowest BCUT2D eigenvalue weighted by molar-refractivity contribution is -0.180. The van der Waals surface area contributed by atoms with Gasteiger partial charge in [0.05, 0.1) is 14.2 Å². The number of rotatable bonds is 4. The van der Waals surface area contributed by atoms with E-state index in [1.165, 1.54) is 14.2 Å². The molecule has 1 unspecified atom stereocenters. The van der Waals surface area contributed by atoms with Crippen LogP contribution in [0.3, 0.4) is 0 Å². The lowest BCUT2D eigenvalue weighted by Crippen LogP contribution is -2.54. The Balaban J connectivity index is 2.16. The van der Waals surface area contributed by atoms with Crippen LogP contribution in [0.15, 0.2) is 59.6 Å². The summed E-state index contributed by atoms with van der Waals surface area (Å²) in [7, 11) is 2.39. The number of carbonyl (C=O) groups excluding carboxylic acids is 2. The fourth-order valence-corrected chi connectivity index (χ4v) is 2.87. The van der Waals surface area contributed by atoms with Crippen LogP contribution in [0.2, 0.25) is 0 Å². The molecule has 6 nitrogen and oxygen atoms in total. The van der Waals surface area contributed by atoms with E-state index in [1.807, 2.05) is 37.3 Å². The van der Waals surface area contributed by atoms with Gasteiger partial charge >= 0.3 is 17.5 Å². The number of benzene rings is 2. The van der Waals surface area contributed by atoms with Crippen LogP contribution in [0.5, 0.6) is 0 Å². The molecule has 0 bridgehead atoms. The van der Waals surface area contributed by atoms with E-state index in [0.29, 0.717) is 5.56 Å². The predicted molar refractivity (Wildman–Crippen MR) is 94.7 cm³/mol. The third-order valence-corrected chi connectivity index (χ3v) is 4.22. The Morgan fingerprint density at radius 1 is 0.962 bits per heavy atom. The SMILES string of the molecule is COC(=O)C1(C(=O)OC)OC(c2ccc(C)cc2)N=C1c1ccccc1. The maximum Gasteiger partial charge on any atom is 0.356 e. The molecular weight excluding hydrogens is 334 g/mol. The van der Waals surface area contributed by atoms with E-state index in [4.69, 9.17) is 14.2 Å². The molecule has 0 spiro atoms. The summed E-state index contributed by atoms with van der Waals surface area (Å²) in [6.07, 6.45) is -0.830. The molecule has 1 aliphatic rings. The highest BCUT2D eigenvalue weighted by molar-refractivity contribution is 6.31. The highest BCUT2D eigenvalue weighted by Gasteiger charge is 2.60. The minimum Gasteiger partial charge on any atom is -0.466 e. The van der Waals surface area contributed by atoms with Crippen molar-refractivity contribution < 1.29 is 23.8 Å². The van der Waals surface area contributed by atoms with Crippen molar-refractivity contribution in [2.45, 2.75) is 18.8 Å². The number of hydrogen-bond acceptors (Lipinski definition) is 6. The molecule has 0 amide bonds. The highest BCUT2D eigenvalue weighted by atomic mass is 16.6. The maximum atomic E-state index is 12.6. The molecule has 3 rings (SSSR count). The van der Waals surface area contributed by atoms with Crippen molar-refractivity contribution >= 4 is 17.7 Å². The zero-order chi connectivity index (χ0) is 18.7. The summed E-state index contributed by atoms with van der Waals surface area (Å²) in [5, 5.41) is 0. The van der Waals surface area contributed by atoms with Crippen LogP contribution < -0.4 is 0 Å². The van der Waals surface area contributed by atoms with Crippen LogP contribution in [0.25, 0.3) is 0 Å². The highest BCUT2D eigenvalue weighted by Crippen LogP contribution is 2.38. The maximum absolute atomic E-state index is 12.6. The summed E-state index contributed by atoms with van der Waals surface area (Å²) < 4.78 is 15.6. The van der Waals surface area contributed by atoms with Crippen molar-refractivity contribution in [1.29, 1.82) is 0 Å². The Morgan fingerprint density at radius 3 is 2.08 bits per heavy atom. The van der Waals surface area contributed by atoms with Gasteiger partial charge < -0.3 is 14.2 Å². The lowest BCUT2D eigenvalue weighted by Gasteiger charge is -2.25. The number of aryl methyl sites for hydroxylation is 1. The van der Waals surface area contributed by atoms with Crippen LogP contribution in [0, 0.1) is 6.92 Å². The van der Waals surface area contributed by atoms with Gasteiger partial charge in [-0.3, -0.25) is 0 Å². The van der Waals surface area contributed by atoms with Gasteiger partial charge in [-0.1, -0.05) is 60.2 Å². The van der Waals surface area contributed by atoms with E-state index in [1.54, 1.807) is 24.3 Å². The standard InChI is InChI=1S/C20H19NO5/c1-13-9-11-15(12-10-13)17-21-16(14-7-5-4-6-8-14)20(26-17,18(22)24-2)19(23)25-3/h4-12,17H,1-3H3. The summed E-state index contributed by atoms with van der Waals surface area (Å²) in [6.45, 7) is 1.96. The quantitative estimate of drug-likeness (QED) is 0.624. The average molecular weight is 353 g/mol. The van der Waals surface area contributed by atoms with Gasteiger partial charge in [0, 0.05) is 5.56 Å². The van der Waals surface area contributed by atoms with Crippen molar-refractivity contribution in [3.8, 4) is 0 Å². The van der Waals surface area contributed by atoms with Gasteiger partial charge in [0.1, 0.15) is 5.71 Å². The summed E-state index contributed by atoms with van der Waals surface area (Å²) in [5.74, 6) is -1.75. The zero-order valence-electron chi connectivity index (χ0n) is 14.8. The van der Waals surface area contributed by atoms with Gasteiger partial charge in [-0.05, 0) is 12.5 Å². The molecule has 2 aromatic carbocycles. The number of carbonyl (C=O) groups is 2. The topological polar surface area (TPSA) is 74.2 Å². The first kappa shape index (κ1) is 17.8. The van der Waals surface area contributed by atoms with E-state index in [2.05, 4.69) is 4.99 Å². The van der Waals surface area contributed by atoms with Gasteiger partial charge in [-0.25, -0.2) is 14.6 Å². The largest absolute Gasteiger partial charge is 0.466 e. The molecule has 1 heterocycles. The van der Waals surface area contributed by atoms with E-state index in [9.17, 15) is 9.59 Å².